The molecule has 0 saturated carbocycles. The fourth-order valence-electron chi connectivity index (χ4n) is 2.14. The summed E-state index contributed by atoms with van der Waals surface area (Å²) in [5, 5.41) is 0. The predicted molar refractivity (Wildman–Crippen MR) is 78.4 cm³/mol. The molecule has 1 aliphatic rings. The molecule has 108 valence electrons. The number of amides is 2. The number of hydrogen-bond acceptors (Lipinski definition) is 3. The molecular weight excluding hydrogens is 324 g/mol. The molecule has 20 heavy (non-hydrogen) atoms. The van der Waals surface area contributed by atoms with E-state index in [1.165, 1.54) is 0 Å². The molecule has 0 bridgehead atoms. The Bertz CT molecular complexity index is 533. The first-order valence-electron chi connectivity index (χ1n) is 6.43. The first-order valence-corrected chi connectivity index (χ1v) is 7.22. The van der Waals surface area contributed by atoms with Crippen LogP contribution in [0.2, 0.25) is 0 Å². The highest BCUT2D eigenvalue weighted by Crippen LogP contribution is 2.24. The lowest BCUT2D eigenvalue weighted by Crippen LogP contribution is -2.53. The smallest absolute Gasteiger partial charge is 0.242 e. The lowest BCUT2D eigenvalue weighted by atomic mass is 10.2. The highest BCUT2D eigenvalue weighted by Gasteiger charge is 2.29. The second-order valence-electron chi connectivity index (χ2n) is 4.62. The Morgan fingerprint density at radius 3 is 2.50 bits per heavy atom. The van der Waals surface area contributed by atoms with Crippen LogP contribution in [0.4, 0.5) is 0 Å². The topological polar surface area (TPSA) is 49.9 Å². The minimum absolute atomic E-state index is 0.00822. The van der Waals surface area contributed by atoms with Crippen molar-refractivity contribution in [2.24, 2.45) is 0 Å². The van der Waals surface area contributed by atoms with E-state index in [4.69, 9.17) is 4.74 Å². The van der Waals surface area contributed by atoms with E-state index in [0.29, 0.717) is 13.1 Å². The summed E-state index contributed by atoms with van der Waals surface area (Å²) in [5.41, 5.74) is 0.926. The van der Waals surface area contributed by atoms with Gasteiger partial charge in [-0.05, 0) is 30.7 Å². The fourth-order valence-corrected chi connectivity index (χ4v) is 2.51. The molecule has 1 heterocycles. The van der Waals surface area contributed by atoms with Gasteiger partial charge in [-0.15, -0.1) is 0 Å². The monoisotopic (exact) mass is 340 g/mol. The Morgan fingerprint density at radius 1 is 1.20 bits per heavy atom. The van der Waals surface area contributed by atoms with Gasteiger partial charge in [0.2, 0.25) is 11.8 Å². The molecule has 1 aliphatic heterocycles. The van der Waals surface area contributed by atoms with Crippen molar-refractivity contribution in [2.75, 3.05) is 26.7 Å². The number of methoxy groups -OCH3 is 1. The standard InChI is InChI=1S/C14H17BrN2O3/c1-3-16-8-14(19)17(9-13(16)18)7-10-6-11(20-2)4-5-12(10)15/h4-6H,3,7-9H2,1-2H3. The third-order valence-electron chi connectivity index (χ3n) is 3.35. The molecule has 0 unspecified atom stereocenters. The molecule has 0 N–H and O–H groups in total. The van der Waals surface area contributed by atoms with Gasteiger partial charge in [0.15, 0.2) is 0 Å². The summed E-state index contributed by atoms with van der Waals surface area (Å²) in [6.45, 7) is 3.15. The van der Waals surface area contributed by atoms with Crippen LogP contribution in [0.3, 0.4) is 0 Å². The Balaban J connectivity index is 2.14. The third kappa shape index (κ3) is 3.12. The Morgan fingerprint density at radius 2 is 1.85 bits per heavy atom. The zero-order valence-corrected chi connectivity index (χ0v) is 13.1. The molecule has 2 rings (SSSR count). The molecule has 0 aliphatic carbocycles. The normalized spacial score (nSPS) is 15.8. The lowest BCUT2D eigenvalue weighted by molar-refractivity contribution is -0.150. The maximum Gasteiger partial charge on any atom is 0.242 e. The highest BCUT2D eigenvalue weighted by molar-refractivity contribution is 9.10. The molecule has 1 aromatic carbocycles. The van der Waals surface area contributed by atoms with Crippen LogP contribution in [0, 0.1) is 0 Å². The predicted octanol–water partition coefficient (Wildman–Crippen LogP) is 1.65. The van der Waals surface area contributed by atoms with E-state index in [1.807, 2.05) is 25.1 Å². The fraction of sp³-hybridized carbons (Fsp3) is 0.429. The van der Waals surface area contributed by atoms with Gasteiger partial charge in [0, 0.05) is 17.6 Å². The van der Waals surface area contributed by atoms with Gasteiger partial charge >= 0.3 is 0 Å². The van der Waals surface area contributed by atoms with Gasteiger partial charge in [0.05, 0.1) is 13.7 Å². The number of carbonyl (C=O) groups excluding carboxylic acids is 2. The zero-order chi connectivity index (χ0) is 14.7. The number of carbonyl (C=O) groups is 2. The highest BCUT2D eigenvalue weighted by atomic mass is 79.9. The van der Waals surface area contributed by atoms with E-state index < -0.39 is 0 Å². The molecule has 0 atom stereocenters. The molecule has 1 saturated heterocycles. The van der Waals surface area contributed by atoms with Crippen LogP contribution in [0.15, 0.2) is 22.7 Å². The van der Waals surface area contributed by atoms with Crippen LogP contribution in [-0.2, 0) is 16.1 Å². The minimum atomic E-state index is -0.0267. The summed E-state index contributed by atoms with van der Waals surface area (Å²) >= 11 is 3.46. The SMILES string of the molecule is CCN1CC(=O)N(Cc2cc(OC)ccc2Br)CC1=O. The molecule has 0 spiro atoms. The Labute approximate surface area is 126 Å². The number of nitrogens with zero attached hydrogens (tertiary/aromatic N) is 2. The quantitative estimate of drug-likeness (QED) is 0.837. The van der Waals surface area contributed by atoms with E-state index in [1.54, 1.807) is 16.9 Å². The number of ether oxygens (including phenoxy) is 1. The molecule has 1 fully saturated rings. The van der Waals surface area contributed by atoms with Crippen molar-refractivity contribution in [3.63, 3.8) is 0 Å². The third-order valence-corrected chi connectivity index (χ3v) is 4.13. The van der Waals surface area contributed by atoms with E-state index in [0.717, 1.165) is 15.8 Å². The molecule has 0 radical (unpaired) electrons. The van der Waals surface area contributed by atoms with E-state index >= 15 is 0 Å². The van der Waals surface area contributed by atoms with Gasteiger partial charge in [0.25, 0.3) is 0 Å². The van der Waals surface area contributed by atoms with Crippen LogP contribution in [0.5, 0.6) is 5.75 Å². The summed E-state index contributed by atoms with van der Waals surface area (Å²) in [4.78, 5) is 27.1. The van der Waals surface area contributed by atoms with Crippen LogP contribution >= 0.6 is 15.9 Å². The summed E-state index contributed by atoms with van der Waals surface area (Å²) in [6, 6.07) is 5.59. The van der Waals surface area contributed by atoms with Gasteiger partial charge in [-0.3, -0.25) is 9.59 Å². The van der Waals surface area contributed by atoms with E-state index in [2.05, 4.69) is 15.9 Å². The van der Waals surface area contributed by atoms with Gasteiger partial charge in [-0.2, -0.15) is 0 Å². The van der Waals surface area contributed by atoms with Crippen LogP contribution < -0.4 is 4.74 Å². The first kappa shape index (κ1) is 14.8. The van der Waals surface area contributed by atoms with Gasteiger partial charge < -0.3 is 14.5 Å². The second-order valence-corrected chi connectivity index (χ2v) is 5.47. The first-order chi connectivity index (χ1) is 9.55. The van der Waals surface area contributed by atoms with Crippen LogP contribution in [0.25, 0.3) is 0 Å². The summed E-state index contributed by atoms with van der Waals surface area (Å²) in [6.07, 6.45) is 0. The number of piperazine rings is 1. The summed E-state index contributed by atoms with van der Waals surface area (Å²) in [5.74, 6) is 0.696. The molecule has 6 heteroatoms. The number of rotatable bonds is 4. The largest absolute Gasteiger partial charge is 0.497 e. The number of halogens is 1. The van der Waals surface area contributed by atoms with Crippen LogP contribution in [-0.4, -0.2) is 48.4 Å². The van der Waals surface area contributed by atoms with Gasteiger partial charge in [0.1, 0.15) is 12.3 Å². The second kappa shape index (κ2) is 6.26. The summed E-state index contributed by atoms with van der Waals surface area (Å²) < 4.78 is 6.08. The van der Waals surface area contributed by atoms with Crippen molar-refractivity contribution >= 4 is 27.7 Å². The number of hydrogen-bond donors (Lipinski definition) is 0. The molecule has 1 aromatic rings. The van der Waals surface area contributed by atoms with Crippen molar-refractivity contribution in [3.05, 3.63) is 28.2 Å². The van der Waals surface area contributed by atoms with Crippen molar-refractivity contribution in [2.45, 2.75) is 13.5 Å². The average Bonchev–Trinajstić information content (AvgIpc) is 2.44. The molecule has 2 amide bonds. The van der Waals surface area contributed by atoms with Crippen molar-refractivity contribution < 1.29 is 14.3 Å². The molecule has 5 nitrogen and oxygen atoms in total. The molecular formula is C14H17BrN2O3. The number of benzene rings is 1. The average molecular weight is 341 g/mol. The van der Waals surface area contributed by atoms with Gasteiger partial charge in [-0.1, -0.05) is 15.9 Å². The van der Waals surface area contributed by atoms with Crippen LogP contribution in [0.1, 0.15) is 12.5 Å². The molecule has 0 aromatic heterocycles. The Hall–Kier alpha value is -1.56. The maximum absolute atomic E-state index is 12.1. The van der Waals surface area contributed by atoms with Crippen molar-refractivity contribution in [1.82, 2.24) is 9.80 Å². The van der Waals surface area contributed by atoms with E-state index in [-0.39, 0.29) is 24.9 Å². The van der Waals surface area contributed by atoms with Crippen molar-refractivity contribution in [1.29, 1.82) is 0 Å². The van der Waals surface area contributed by atoms with E-state index in [9.17, 15) is 9.59 Å². The van der Waals surface area contributed by atoms with Crippen molar-refractivity contribution in [3.8, 4) is 5.75 Å². The van der Waals surface area contributed by atoms with Gasteiger partial charge in [-0.25, -0.2) is 0 Å². The minimum Gasteiger partial charge on any atom is -0.497 e. The number of likely N-dealkylation sites (N-methyl/N-ethyl adjacent to an activating group) is 1. The Kier molecular flexibility index (Phi) is 4.65. The zero-order valence-electron chi connectivity index (χ0n) is 11.6. The maximum atomic E-state index is 12.1. The summed E-state index contributed by atoms with van der Waals surface area (Å²) in [7, 11) is 1.60. The lowest BCUT2D eigenvalue weighted by Gasteiger charge is -2.33.